The summed E-state index contributed by atoms with van der Waals surface area (Å²) in [6, 6.07) is 0. The highest BCUT2D eigenvalue weighted by Gasteiger charge is 2.19. The van der Waals surface area contributed by atoms with Gasteiger partial charge in [-0.25, -0.2) is 0 Å². The Morgan fingerprint density at radius 1 is 1.91 bits per heavy atom. The number of nitrogens with zero attached hydrogens (tertiary/aromatic N) is 2. The van der Waals surface area contributed by atoms with E-state index in [9.17, 15) is 10.1 Å². The van der Waals surface area contributed by atoms with Crippen LogP contribution in [0.5, 0.6) is 0 Å². The van der Waals surface area contributed by atoms with E-state index in [1.54, 1.807) is 0 Å². The number of nitro groups is 1. The fourth-order valence-corrected chi connectivity index (χ4v) is 0.743. The SMILES string of the molecule is C[C@H](O)c1[nH]ncc1[N+](=O)[O-]. The van der Waals surface area contributed by atoms with Crippen molar-refractivity contribution in [3.8, 4) is 0 Å². The Kier molecular flexibility index (Phi) is 1.86. The van der Waals surface area contributed by atoms with Gasteiger partial charge >= 0.3 is 5.69 Å². The normalized spacial score (nSPS) is 12.9. The minimum atomic E-state index is -0.891. The minimum absolute atomic E-state index is 0.134. The summed E-state index contributed by atoms with van der Waals surface area (Å²) >= 11 is 0. The second-order valence-corrected chi connectivity index (χ2v) is 2.10. The molecule has 60 valence electrons. The Labute approximate surface area is 62.0 Å². The van der Waals surface area contributed by atoms with E-state index in [1.807, 2.05) is 0 Å². The fourth-order valence-electron chi connectivity index (χ4n) is 0.743. The molecule has 11 heavy (non-hydrogen) atoms. The summed E-state index contributed by atoms with van der Waals surface area (Å²) < 4.78 is 0. The van der Waals surface area contributed by atoms with Crippen molar-refractivity contribution in [3.63, 3.8) is 0 Å². The van der Waals surface area contributed by atoms with Crippen molar-refractivity contribution in [3.05, 3.63) is 22.0 Å². The van der Waals surface area contributed by atoms with Crippen molar-refractivity contribution in [2.75, 3.05) is 0 Å². The first kappa shape index (κ1) is 7.67. The van der Waals surface area contributed by atoms with E-state index in [-0.39, 0.29) is 11.4 Å². The van der Waals surface area contributed by atoms with Crippen LogP contribution in [0.1, 0.15) is 18.7 Å². The summed E-state index contributed by atoms with van der Waals surface area (Å²) in [5.74, 6) is 0. The number of aromatic nitrogens is 2. The standard InChI is InChI=1S/C5H7N3O3/c1-3(9)5-4(8(10)11)2-6-7-5/h2-3,9H,1H3,(H,6,7)/t3-/m0/s1. The Morgan fingerprint density at radius 2 is 2.55 bits per heavy atom. The van der Waals surface area contributed by atoms with Crippen LogP contribution < -0.4 is 0 Å². The van der Waals surface area contributed by atoms with Gasteiger partial charge in [0, 0.05) is 0 Å². The first-order chi connectivity index (χ1) is 5.13. The molecule has 0 aromatic carbocycles. The number of hydrogen-bond acceptors (Lipinski definition) is 4. The van der Waals surface area contributed by atoms with Crippen molar-refractivity contribution in [1.29, 1.82) is 0 Å². The van der Waals surface area contributed by atoms with Gasteiger partial charge in [0.05, 0.1) is 11.0 Å². The molecule has 0 radical (unpaired) electrons. The molecular weight excluding hydrogens is 150 g/mol. The molecule has 1 aromatic rings. The number of hydrogen-bond donors (Lipinski definition) is 2. The molecule has 0 aliphatic carbocycles. The number of nitrogens with one attached hydrogen (secondary N) is 1. The maximum absolute atomic E-state index is 10.2. The third kappa shape index (κ3) is 1.35. The molecule has 0 aliphatic heterocycles. The molecule has 6 nitrogen and oxygen atoms in total. The zero-order valence-corrected chi connectivity index (χ0v) is 5.81. The van der Waals surface area contributed by atoms with Gasteiger partial charge < -0.3 is 5.11 Å². The van der Waals surface area contributed by atoms with Gasteiger partial charge in [-0.2, -0.15) is 5.10 Å². The number of aliphatic hydroxyl groups excluding tert-OH is 1. The van der Waals surface area contributed by atoms with E-state index in [0.717, 1.165) is 6.20 Å². The first-order valence-corrected chi connectivity index (χ1v) is 2.98. The molecule has 1 aromatic heterocycles. The van der Waals surface area contributed by atoms with Gasteiger partial charge in [-0.1, -0.05) is 0 Å². The lowest BCUT2D eigenvalue weighted by Crippen LogP contribution is -1.96. The second kappa shape index (κ2) is 2.67. The van der Waals surface area contributed by atoms with Crippen molar-refractivity contribution in [2.45, 2.75) is 13.0 Å². The molecule has 0 fully saturated rings. The molecule has 1 heterocycles. The second-order valence-electron chi connectivity index (χ2n) is 2.10. The maximum Gasteiger partial charge on any atom is 0.312 e. The smallest absolute Gasteiger partial charge is 0.312 e. The van der Waals surface area contributed by atoms with Gasteiger partial charge in [-0.15, -0.1) is 0 Å². The third-order valence-electron chi connectivity index (χ3n) is 1.26. The zero-order chi connectivity index (χ0) is 8.43. The molecule has 1 rings (SSSR count). The van der Waals surface area contributed by atoms with Crippen LogP contribution in [-0.2, 0) is 0 Å². The third-order valence-corrected chi connectivity index (χ3v) is 1.26. The van der Waals surface area contributed by atoms with Crippen LogP contribution in [-0.4, -0.2) is 20.2 Å². The first-order valence-electron chi connectivity index (χ1n) is 2.98. The highest BCUT2D eigenvalue weighted by Crippen LogP contribution is 2.20. The quantitative estimate of drug-likeness (QED) is 0.479. The van der Waals surface area contributed by atoms with E-state index in [4.69, 9.17) is 5.11 Å². The fraction of sp³-hybridized carbons (Fsp3) is 0.400. The molecule has 0 spiro atoms. The van der Waals surface area contributed by atoms with Gasteiger partial charge in [-0.3, -0.25) is 15.2 Å². The van der Waals surface area contributed by atoms with Gasteiger partial charge in [0.2, 0.25) is 0 Å². The number of aromatic amines is 1. The predicted molar refractivity (Wildman–Crippen MR) is 35.9 cm³/mol. The summed E-state index contributed by atoms with van der Waals surface area (Å²) in [5.41, 5.74) is -0.0463. The Balaban J connectivity index is 3.06. The highest BCUT2D eigenvalue weighted by atomic mass is 16.6. The Morgan fingerprint density at radius 3 is 2.91 bits per heavy atom. The largest absolute Gasteiger partial charge is 0.387 e. The van der Waals surface area contributed by atoms with Crippen molar-refractivity contribution < 1.29 is 10.0 Å². The number of H-pyrrole nitrogens is 1. The van der Waals surface area contributed by atoms with E-state index in [2.05, 4.69) is 10.2 Å². The summed E-state index contributed by atoms with van der Waals surface area (Å²) in [4.78, 5) is 9.63. The molecule has 0 aliphatic rings. The molecule has 0 saturated heterocycles. The lowest BCUT2D eigenvalue weighted by Gasteiger charge is -1.97. The van der Waals surface area contributed by atoms with E-state index < -0.39 is 11.0 Å². The van der Waals surface area contributed by atoms with Crippen molar-refractivity contribution in [2.24, 2.45) is 0 Å². The lowest BCUT2D eigenvalue weighted by atomic mass is 10.2. The average Bonchev–Trinajstić information content (AvgIpc) is 2.32. The number of rotatable bonds is 2. The van der Waals surface area contributed by atoms with Crippen molar-refractivity contribution in [1.82, 2.24) is 10.2 Å². The van der Waals surface area contributed by atoms with Gasteiger partial charge in [-0.05, 0) is 6.92 Å². The van der Waals surface area contributed by atoms with Gasteiger partial charge in [0.15, 0.2) is 0 Å². The maximum atomic E-state index is 10.2. The Bertz CT molecular complexity index is 268. The van der Waals surface area contributed by atoms with Crippen LogP contribution >= 0.6 is 0 Å². The molecule has 6 heteroatoms. The van der Waals surface area contributed by atoms with E-state index in [0.29, 0.717) is 0 Å². The van der Waals surface area contributed by atoms with E-state index >= 15 is 0 Å². The van der Waals surface area contributed by atoms with Crippen LogP contribution in [0.25, 0.3) is 0 Å². The van der Waals surface area contributed by atoms with Crippen LogP contribution in [0, 0.1) is 10.1 Å². The van der Waals surface area contributed by atoms with Crippen LogP contribution in [0.15, 0.2) is 6.20 Å². The summed E-state index contributed by atoms with van der Waals surface area (Å²) in [7, 11) is 0. The number of aliphatic hydroxyl groups is 1. The summed E-state index contributed by atoms with van der Waals surface area (Å²) in [6.07, 6.45) is 0.181. The molecule has 0 saturated carbocycles. The van der Waals surface area contributed by atoms with Crippen LogP contribution in [0.2, 0.25) is 0 Å². The lowest BCUT2D eigenvalue weighted by molar-refractivity contribution is -0.386. The molecule has 0 bridgehead atoms. The zero-order valence-electron chi connectivity index (χ0n) is 5.81. The summed E-state index contributed by atoms with van der Waals surface area (Å²) in [6.45, 7) is 1.43. The predicted octanol–water partition coefficient (Wildman–Crippen LogP) is 0.371. The topological polar surface area (TPSA) is 92.0 Å². The molecular formula is C5H7N3O3. The molecule has 0 amide bonds. The Hall–Kier alpha value is -1.43. The summed E-state index contributed by atoms with van der Waals surface area (Å²) in [5, 5.41) is 25.0. The highest BCUT2D eigenvalue weighted by molar-refractivity contribution is 5.32. The minimum Gasteiger partial charge on any atom is -0.387 e. The van der Waals surface area contributed by atoms with Crippen LogP contribution in [0.3, 0.4) is 0 Å². The van der Waals surface area contributed by atoms with Crippen LogP contribution in [0.4, 0.5) is 5.69 Å². The van der Waals surface area contributed by atoms with Crippen molar-refractivity contribution >= 4 is 5.69 Å². The van der Waals surface area contributed by atoms with Gasteiger partial charge in [0.1, 0.15) is 11.9 Å². The van der Waals surface area contributed by atoms with Gasteiger partial charge in [0.25, 0.3) is 0 Å². The van der Waals surface area contributed by atoms with E-state index in [1.165, 1.54) is 6.92 Å². The average molecular weight is 157 g/mol. The monoisotopic (exact) mass is 157 g/mol. The molecule has 1 atom stereocenters. The molecule has 2 N–H and O–H groups in total. The molecule has 0 unspecified atom stereocenters.